The van der Waals surface area contributed by atoms with Crippen LogP contribution in [0.4, 0.5) is 0 Å². The van der Waals surface area contributed by atoms with Gasteiger partial charge in [-0.2, -0.15) is 0 Å². The molecule has 0 spiro atoms. The number of fused-ring (bicyclic) bond motifs is 4. The van der Waals surface area contributed by atoms with Crippen molar-refractivity contribution in [1.29, 1.82) is 0 Å². The predicted octanol–water partition coefficient (Wildman–Crippen LogP) is 14.0. The Labute approximate surface area is 312 Å². The Kier molecular flexibility index (Phi) is 7.71. The minimum absolute atomic E-state index is 0.707. The number of rotatable bonds is 6. The molecule has 0 aliphatic heterocycles. The molecule has 0 aliphatic rings. The molecule has 0 atom stereocenters. The second-order valence-corrected chi connectivity index (χ2v) is 14.4. The van der Waals surface area contributed by atoms with Crippen LogP contribution in [0.1, 0.15) is 0 Å². The maximum absolute atomic E-state index is 5.26. The highest BCUT2D eigenvalue weighted by molar-refractivity contribution is 7.26. The number of hydrogen-bond acceptors (Lipinski definition) is 3. The van der Waals surface area contributed by atoms with E-state index in [1.165, 1.54) is 47.6 Å². The molecule has 3 heteroatoms. The van der Waals surface area contributed by atoms with Crippen molar-refractivity contribution in [2.75, 3.05) is 0 Å². The molecule has 0 fully saturated rings. The van der Waals surface area contributed by atoms with Gasteiger partial charge in [0.15, 0.2) is 5.82 Å². The van der Waals surface area contributed by atoms with E-state index in [1.54, 1.807) is 0 Å². The molecule has 2 heterocycles. The fraction of sp³-hybridized carbons (Fsp3) is 0. The predicted molar refractivity (Wildman–Crippen MR) is 225 cm³/mol. The minimum Gasteiger partial charge on any atom is -0.228 e. The van der Waals surface area contributed by atoms with E-state index in [1.807, 2.05) is 35.6 Å². The van der Waals surface area contributed by atoms with Crippen molar-refractivity contribution in [3.8, 4) is 67.3 Å². The fourth-order valence-corrected chi connectivity index (χ4v) is 8.72. The van der Waals surface area contributed by atoms with Gasteiger partial charge in [0, 0.05) is 36.9 Å². The zero-order valence-electron chi connectivity index (χ0n) is 28.8. The Bertz CT molecular complexity index is 2880. The molecule has 0 saturated carbocycles. The maximum Gasteiger partial charge on any atom is 0.160 e. The van der Waals surface area contributed by atoms with Gasteiger partial charge in [0.2, 0.25) is 0 Å². The summed E-state index contributed by atoms with van der Waals surface area (Å²) in [6.45, 7) is 0. The van der Waals surface area contributed by atoms with Gasteiger partial charge < -0.3 is 0 Å². The van der Waals surface area contributed by atoms with Gasteiger partial charge in [-0.05, 0) is 80.6 Å². The lowest BCUT2D eigenvalue weighted by Gasteiger charge is -2.14. The van der Waals surface area contributed by atoms with Gasteiger partial charge >= 0.3 is 0 Å². The largest absolute Gasteiger partial charge is 0.228 e. The Morgan fingerprint density at radius 1 is 0.321 bits per heavy atom. The normalized spacial score (nSPS) is 11.4. The lowest BCUT2D eigenvalue weighted by atomic mass is 9.91. The highest BCUT2D eigenvalue weighted by Gasteiger charge is 2.16. The molecule has 0 aliphatic carbocycles. The van der Waals surface area contributed by atoms with E-state index in [0.717, 1.165) is 44.8 Å². The van der Waals surface area contributed by atoms with Gasteiger partial charge in [0.1, 0.15) is 0 Å². The van der Waals surface area contributed by atoms with Crippen LogP contribution in [0.5, 0.6) is 0 Å². The summed E-state index contributed by atoms with van der Waals surface area (Å²) in [6.07, 6.45) is 0. The summed E-state index contributed by atoms with van der Waals surface area (Å²) >= 11 is 1.86. The summed E-state index contributed by atoms with van der Waals surface area (Å²) < 4.78 is 2.59. The van der Waals surface area contributed by atoms with Crippen molar-refractivity contribution in [3.63, 3.8) is 0 Å². The molecule has 0 amide bonds. The molecule has 2 nitrogen and oxygen atoms in total. The fourth-order valence-electron chi connectivity index (χ4n) is 7.48. The molecule has 0 saturated heterocycles. The molecule has 53 heavy (non-hydrogen) atoms. The van der Waals surface area contributed by atoms with Crippen LogP contribution in [0.25, 0.3) is 98.2 Å². The molecule has 0 bridgehead atoms. The van der Waals surface area contributed by atoms with Gasteiger partial charge in [-0.1, -0.05) is 158 Å². The van der Waals surface area contributed by atoms with E-state index in [9.17, 15) is 0 Å². The third-order valence-corrected chi connectivity index (χ3v) is 11.3. The Morgan fingerprint density at radius 2 is 0.868 bits per heavy atom. The summed E-state index contributed by atoms with van der Waals surface area (Å²) in [6, 6.07) is 69.3. The standard InChI is InChI=1S/C50H32N2S/c1-3-15-34(16-4-1)46-32-47(52-50(51-46)35-17-5-2-6-18-35)40-30-38(36-20-11-21-37(28-36)42-24-12-19-33-14-7-8-22-41(33)42)29-39(31-40)43-25-13-26-45-44-23-9-10-27-48(44)53-49(43)45/h1-32H. The van der Waals surface area contributed by atoms with E-state index in [0.29, 0.717) is 5.82 Å². The van der Waals surface area contributed by atoms with Crippen molar-refractivity contribution < 1.29 is 0 Å². The summed E-state index contributed by atoms with van der Waals surface area (Å²) in [4.78, 5) is 10.3. The van der Waals surface area contributed by atoms with E-state index >= 15 is 0 Å². The second kappa shape index (κ2) is 13.1. The van der Waals surface area contributed by atoms with Crippen LogP contribution < -0.4 is 0 Å². The first kappa shape index (κ1) is 31.1. The topological polar surface area (TPSA) is 25.8 Å². The number of thiophene rings is 1. The number of aromatic nitrogens is 2. The first-order valence-corrected chi connectivity index (χ1v) is 18.7. The lowest BCUT2D eigenvalue weighted by molar-refractivity contribution is 1.18. The molecular weight excluding hydrogens is 661 g/mol. The third-order valence-electron chi connectivity index (χ3n) is 10.1. The molecule has 0 N–H and O–H groups in total. The highest BCUT2D eigenvalue weighted by atomic mass is 32.1. The Morgan fingerprint density at radius 3 is 1.72 bits per heavy atom. The van der Waals surface area contributed by atoms with E-state index in [4.69, 9.17) is 9.97 Å². The van der Waals surface area contributed by atoms with Gasteiger partial charge in [-0.3, -0.25) is 0 Å². The van der Waals surface area contributed by atoms with Gasteiger partial charge in [0.25, 0.3) is 0 Å². The molecule has 10 rings (SSSR count). The van der Waals surface area contributed by atoms with Crippen LogP contribution in [-0.2, 0) is 0 Å². The maximum atomic E-state index is 5.26. The molecule has 10 aromatic rings. The average molecular weight is 693 g/mol. The first-order valence-electron chi connectivity index (χ1n) is 17.9. The monoisotopic (exact) mass is 692 g/mol. The van der Waals surface area contributed by atoms with Crippen molar-refractivity contribution in [2.24, 2.45) is 0 Å². The molecule has 0 unspecified atom stereocenters. The van der Waals surface area contributed by atoms with Crippen molar-refractivity contribution >= 4 is 42.3 Å². The van der Waals surface area contributed by atoms with Crippen molar-refractivity contribution in [1.82, 2.24) is 9.97 Å². The second-order valence-electron chi connectivity index (χ2n) is 13.4. The molecule has 248 valence electrons. The summed E-state index contributed by atoms with van der Waals surface area (Å²) in [5, 5.41) is 5.07. The minimum atomic E-state index is 0.707. The van der Waals surface area contributed by atoms with Crippen LogP contribution in [0.2, 0.25) is 0 Å². The number of benzene rings is 8. The van der Waals surface area contributed by atoms with E-state index < -0.39 is 0 Å². The smallest absolute Gasteiger partial charge is 0.160 e. The van der Waals surface area contributed by atoms with E-state index in [-0.39, 0.29) is 0 Å². The Balaban J connectivity index is 1.21. The van der Waals surface area contributed by atoms with Crippen LogP contribution >= 0.6 is 11.3 Å². The zero-order chi connectivity index (χ0) is 35.1. The van der Waals surface area contributed by atoms with Crippen LogP contribution in [0.15, 0.2) is 194 Å². The lowest BCUT2D eigenvalue weighted by Crippen LogP contribution is -1.96. The number of hydrogen-bond donors (Lipinski definition) is 0. The Hall–Kier alpha value is -6.68. The van der Waals surface area contributed by atoms with Crippen LogP contribution in [-0.4, -0.2) is 9.97 Å². The summed E-state index contributed by atoms with van der Waals surface area (Å²) in [5.74, 6) is 0.707. The number of nitrogens with zero attached hydrogens (tertiary/aromatic N) is 2. The molecule has 8 aromatic carbocycles. The summed E-state index contributed by atoms with van der Waals surface area (Å²) in [5.41, 5.74) is 12.0. The van der Waals surface area contributed by atoms with Gasteiger partial charge in [-0.15, -0.1) is 11.3 Å². The van der Waals surface area contributed by atoms with E-state index in [2.05, 4.69) is 170 Å². The zero-order valence-corrected chi connectivity index (χ0v) is 29.6. The first-order chi connectivity index (χ1) is 26.2. The highest BCUT2D eigenvalue weighted by Crippen LogP contribution is 2.42. The van der Waals surface area contributed by atoms with Crippen LogP contribution in [0.3, 0.4) is 0 Å². The third kappa shape index (κ3) is 5.78. The van der Waals surface area contributed by atoms with Gasteiger partial charge in [-0.25, -0.2) is 9.97 Å². The molecular formula is C50H32N2S. The quantitative estimate of drug-likeness (QED) is 0.173. The SMILES string of the molecule is c1ccc(-c2cc(-c3cc(-c4cccc(-c5cccc6ccccc56)c4)cc(-c4cccc5c4sc4ccccc45)c3)nc(-c3ccccc3)n2)cc1. The average Bonchev–Trinajstić information content (AvgIpc) is 3.63. The van der Waals surface area contributed by atoms with Gasteiger partial charge in [0.05, 0.1) is 11.4 Å². The molecule has 0 radical (unpaired) electrons. The summed E-state index contributed by atoms with van der Waals surface area (Å²) in [7, 11) is 0. The van der Waals surface area contributed by atoms with Crippen molar-refractivity contribution in [3.05, 3.63) is 194 Å². The molecule has 2 aromatic heterocycles. The van der Waals surface area contributed by atoms with Crippen LogP contribution in [0, 0.1) is 0 Å². The van der Waals surface area contributed by atoms with Crippen molar-refractivity contribution in [2.45, 2.75) is 0 Å².